The van der Waals surface area contributed by atoms with Gasteiger partial charge in [0.25, 0.3) is 0 Å². The summed E-state index contributed by atoms with van der Waals surface area (Å²) in [7, 11) is 0. The number of benzene rings is 3. The molecule has 7 heteroatoms. The lowest BCUT2D eigenvalue weighted by Gasteiger charge is -2.37. The topological polar surface area (TPSA) is 64.7 Å². The van der Waals surface area contributed by atoms with Gasteiger partial charge in [0.1, 0.15) is 6.61 Å². The number of fused-ring (bicyclic) bond motifs is 1. The van der Waals surface area contributed by atoms with Gasteiger partial charge in [0, 0.05) is 37.6 Å². The molecule has 1 aromatic heterocycles. The van der Waals surface area contributed by atoms with Crippen molar-refractivity contribution in [3.8, 4) is 0 Å². The molecule has 0 radical (unpaired) electrons. The third-order valence-electron chi connectivity index (χ3n) is 6.60. The van der Waals surface area contributed by atoms with E-state index in [4.69, 9.17) is 4.74 Å². The van der Waals surface area contributed by atoms with Crippen LogP contribution < -0.4 is 14.7 Å². The van der Waals surface area contributed by atoms with Crippen LogP contribution >= 0.6 is 0 Å². The largest absolute Gasteiger partial charge is 0.447 e. The molecule has 3 aromatic carbocycles. The van der Waals surface area contributed by atoms with Crippen LogP contribution in [0, 0.1) is 0 Å². The number of carbonyl (C=O) groups excluding carboxylic acids is 1. The van der Waals surface area contributed by atoms with Crippen LogP contribution in [0.2, 0.25) is 0 Å². The highest BCUT2D eigenvalue weighted by Gasteiger charge is 2.35. The molecule has 0 aliphatic carbocycles. The number of nitrogens with zero attached hydrogens (tertiary/aromatic N) is 4. The van der Waals surface area contributed by atoms with Gasteiger partial charge in [0.15, 0.2) is 0 Å². The van der Waals surface area contributed by atoms with Crippen molar-refractivity contribution in [2.75, 3.05) is 47.5 Å². The van der Waals surface area contributed by atoms with Crippen LogP contribution in [0.1, 0.15) is 11.6 Å². The number of amides is 1. The minimum Gasteiger partial charge on any atom is -0.447 e. The summed E-state index contributed by atoms with van der Waals surface area (Å²) in [5.41, 5.74) is 6.14. The Morgan fingerprint density at radius 1 is 0.818 bits per heavy atom. The van der Waals surface area contributed by atoms with Gasteiger partial charge >= 0.3 is 6.09 Å². The van der Waals surface area contributed by atoms with E-state index in [1.165, 1.54) is 11.4 Å². The van der Waals surface area contributed by atoms with E-state index >= 15 is 0 Å². The van der Waals surface area contributed by atoms with Crippen LogP contribution in [0.4, 0.5) is 21.9 Å². The Labute approximate surface area is 192 Å². The number of hydrogen-bond donors (Lipinski definition) is 1. The summed E-state index contributed by atoms with van der Waals surface area (Å²) in [5.74, 6) is 0. The number of cyclic esters (lactones) is 1. The van der Waals surface area contributed by atoms with Crippen LogP contribution in [-0.4, -0.2) is 48.8 Å². The van der Waals surface area contributed by atoms with Gasteiger partial charge in [-0.25, -0.2) is 9.78 Å². The summed E-state index contributed by atoms with van der Waals surface area (Å²) < 4.78 is 5.43. The second-order valence-electron chi connectivity index (χ2n) is 8.47. The third-order valence-corrected chi connectivity index (χ3v) is 6.60. The van der Waals surface area contributed by atoms with E-state index in [1.807, 2.05) is 18.2 Å². The van der Waals surface area contributed by atoms with Gasteiger partial charge < -0.3 is 19.5 Å². The molecule has 166 valence electrons. The monoisotopic (exact) mass is 439 g/mol. The van der Waals surface area contributed by atoms with Crippen molar-refractivity contribution in [1.82, 2.24) is 9.97 Å². The number of aromatic amines is 1. The van der Waals surface area contributed by atoms with Gasteiger partial charge in [-0.2, -0.15) is 0 Å². The van der Waals surface area contributed by atoms with E-state index in [2.05, 4.69) is 74.4 Å². The molecule has 0 saturated carbocycles. The molecule has 2 aliphatic rings. The predicted octanol–water partition coefficient (Wildman–Crippen LogP) is 4.59. The number of imidazole rings is 1. The summed E-state index contributed by atoms with van der Waals surface area (Å²) in [6.45, 7) is 4.31. The van der Waals surface area contributed by atoms with Crippen molar-refractivity contribution in [3.05, 3.63) is 84.7 Å². The average molecular weight is 440 g/mol. The Hall–Kier alpha value is -4.00. The number of anilines is 3. The van der Waals surface area contributed by atoms with Gasteiger partial charge in [0.2, 0.25) is 0 Å². The van der Waals surface area contributed by atoms with E-state index in [1.54, 1.807) is 11.2 Å². The predicted molar refractivity (Wildman–Crippen MR) is 130 cm³/mol. The Morgan fingerprint density at radius 3 is 2.21 bits per heavy atom. The van der Waals surface area contributed by atoms with Crippen LogP contribution in [0.3, 0.4) is 0 Å². The van der Waals surface area contributed by atoms with E-state index in [-0.39, 0.29) is 12.1 Å². The van der Waals surface area contributed by atoms with Gasteiger partial charge in [-0.1, -0.05) is 30.3 Å². The van der Waals surface area contributed by atoms with Crippen molar-refractivity contribution in [3.63, 3.8) is 0 Å². The van der Waals surface area contributed by atoms with Crippen LogP contribution in [0.5, 0.6) is 0 Å². The zero-order valence-electron chi connectivity index (χ0n) is 18.2. The maximum atomic E-state index is 12.6. The maximum Gasteiger partial charge on any atom is 0.415 e. The summed E-state index contributed by atoms with van der Waals surface area (Å²) in [6.07, 6.45) is 1.34. The molecule has 7 nitrogen and oxygen atoms in total. The molecule has 2 aliphatic heterocycles. The number of para-hydroxylation sites is 1. The van der Waals surface area contributed by atoms with E-state index in [9.17, 15) is 4.79 Å². The first-order valence-corrected chi connectivity index (χ1v) is 11.3. The standard InChI is InChI=1S/C26H25N5O2/c32-26-31(22-10-11-23-24(16-22)28-18-27-23)25(17-33-26)19-6-8-21(9-7-19)30-14-12-29(13-15-30)20-4-2-1-3-5-20/h1-11,16,18,25H,12-15,17H2,(H,27,28). The normalized spacial score (nSPS) is 18.7. The SMILES string of the molecule is O=C1OCC(c2ccc(N3CCN(c4ccccc4)CC3)cc2)N1c1ccc2nc[nH]c2c1. The molecule has 1 N–H and O–H groups in total. The number of hydrogen-bond acceptors (Lipinski definition) is 5. The zero-order valence-corrected chi connectivity index (χ0v) is 18.2. The minimum absolute atomic E-state index is 0.151. The second kappa shape index (κ2) is 8.16. The Kier molecular flexibility index (Phi) is 4.87. The van der Waals surface area contributed by atoms with Crippen molar-refractivity contribution in [2.45, 2.75) is 6.04 Å². The number of H-pyrrole nitrogens is 1. The average Bonchev–Trinajstić information content (AvgIpc) is 3.51. The molecular formula is C26H25N5O2. The molecule has 1 amide bonds. The molecule has 0 bridgehead atoms. The number of piperazine rings is 1. The number of ether oxygens (including phenoxy) is 1. The molecule has 2 saturated heterocycles. The summed E-state index contributed by atoms with van der Waals surface area (Å²) in [6, 6.07) is 24.8. The molecular weight excluding hydrogens is 414 g/mol. The van der Waals surface area contributed by atoms with Crippen LogP contribution in [0.25, 0.3) is 11.0 Å². The summed E-state index contributed by atoms with van der Waals surface area (Å²) in [4.78, 5) is 26.5. The molecule has 1 unspecified atom stereocenters. The summed E-state index contributed by atoms with van der Waals surface area (Å²) >= 11 is 0. The van der Waals surface area contributed by atoms with E-state index < -0.39 is 0 Å². The van der Waals surface area contributed by atoms with Crippen LogP contribution in [0.15, 0.2) is 79.1 Å². The van der Waals surface area contributed by atoms with Crippen molar-refractivity contribution in [2.24, 2.45) is 0 Å². The van der Waals surface area contributed by atoms with Crippen molar-refractivity contribution < 1.29 is 9.53 Å². The van der Waals surface area contributed by atoms with Crippen LogP contribution in [-0.2, 0) is 4.74 Å². The highest BCUT2D eigenvalue weighted by molar-refractivity contribution is 5.93. The number of nitrogens with one attached hydrogen (secondary N) is 1. The Balaban J connectivity index is 1.18. The molecule has 33 heavy (non-hydrogen) atoms. The van der Waals surface area contributed by atoms with Gasteiger partial charge in [-0.05, 0) is 48.0 Å². The zero-order chi connectivity index (χ0) is 22.2. The second-order valence-corrected chi connectivity index (χ2v) is 8.47. The maximum absolute atomic E-state index is 12.6. The summed E-state index contributed by atoms with van der Waals surface area (Å²) in [5, 5.41) is 0. The fourth-order valence-electron chi connectivity index (χ4n) is 4.79. The molecule has 2 fully saturated rings. The minimum atomic E-state index is -0.319. The number of carbonyl (C=O) groups is 1. The lowest BCUT2D eigenvalue weighted by atomic mass is 10.0. The first kappa shape index (κ1) is 19.7. The molecule has 6 rings (SSSR count). The third kappa shape index (κ3) is 3.65. The van der Waals surface area contributed by atoms with Crippen molar-refractivity contribution in [1.29, 1.82) is 0 Å². The van der Waals surface area contributed by atoms with Crippen molar-refractivity contribution >= 4 is 34.2 Å². The number of aromatic nitrogens is 2. The molecule has 3 heterocycles. The molecule has 1 atom stereocenters. The van der Waals surface area contributed by atoms with Gasteiger partial charge in [0.05, 0.1) is 29.1 Å². The van der Waals surface area contributed by atoms with Gasteiger partial charge in [-0.15, -0.1) is 0 Å². The first-order chi connectivity index (χ1) is 16.3. The lowest BCUT2D eigenvalue weighted by molar-refractivity contribution is 0.179. The Morgan fingerprint density at radius 2 is 1.48 bits per heavy atom. The molecule has 4 aromatic rings. The highest BCUT2D eigenvalue weighted by atomic mass is 16.6. The van der Waals surface area contributed by atoms with E-state index in [0.717, 1.165) is 48.5 Å². The number of rotatable bonds is 4. The van der Waals surface area contributed by atoms with Gasteiger partial charge in [-0.3, -0.25) is 4.90 Å². The van der Waals surface area contributed by atoms with E-state index in [0.29, 0.717) is 6.61 Å². The fraction of sp³-hybridized carbons (Fsp3) is 0.231. The first-order valence-electron chi connectivity index (χ1n) is 11.3. The smallest absolute Gasteiger partial charge is 0.415 e. The Bertz CT molecular complexity index is 1260. The molecule has 0 spiro atoms. The quantitative estimate of drug-likeness (QED) is 0.504. The lowest BCUT2D eigenvalue weighted by Crippen LogP contribution is -2.46. The highest BCUT2D eigenvalue weighted by Crippen LogP contribution is 2.35. The fourth-order valence-corrected chi connectivity index (χ4v) is 4.79.